The Bertz CT molecular complexity index is 943. The zero-order chi connectivity index (χ0) is 18.0. The number of benzene rings is 1. The Morgan fingerprint density at radius 1 is 1.40 bits per heavy atom. The topological polar surface area (TPSA) is 122 Å². The number of rotatable bonds is 5. The third-order valence-electron chi connectivity index (χ3n) is 3.51. The summed E-state index contributed by atoms with van der Waals surface area (Å²) in [6.07, 6.45) is 0.0962. The largest absolute Gasteiger partial charge is 0.496 e. The first kappa shape index (κ1) is 16.8. The molecule has 1 aromatic carbocycles. The molecule has 25 heavy (non-hydrogen) atoms. The van der Waals surface area contributed by atoms with E-state index >= 15 is 0 Å². The van der Waals surface area contributed by atoms with E-state index in [9.17, 15) is 9.90 Å². The molecule has 0 aliphatic rings. The number of anilines is 1. The van der Waals surface area contributed by atoms with Crippen molar-refractivity contribution in [2.24, 2.45) is 0 Å². The van der Waals surface area contributed by atoms with Gasteiger partial charge in [-0.2, -0.15) is 10.1 Å². The molecule has 0 bridgehead atoms. The highest BCUT2D eigenvalue weighted by molar-refractivity contribution is 6.17. The minimum absolute atomic E-state index is 0.221. The summed E-state index contributed by atoms with van der Waals surface area (Å²) in [5.74, 6) is 0.421. The summed E-state index contributed by atoms with van der Waals surface area (Å²) in [7, 11) is 1.56. The zero-order valence-corrected chi connectivity index (χ0v) is 13.9. The average Bonchev–Trinajstić information content (AvgIpc) is 2.97. The van der Waals surface area contributed by atoms with E-state index in [1.54, 1.807) is 7.11 Å². The lowest BCUT2D eigenvalue weighted by atomic mass is 10.1. The van der Waals surface area contributed by atoms with Crippen LogP contribution in [0.2, 0.25) is 0 Å². The van der Waals surface area contributed by atoms with Gasteiger partial charge in [0.15, 0.2) is 0 Å². The molecule has 0 atom stereocenters. The molecule has 0 unspecified atom stereocenters. The van der Waals surface area contributed by atoms with E-state index in [1.165, 1.54) is 10.9 Å². The Morgan fingerprint density at radius 3 is 2.88 bits per heavy atom. The van der Waals surface area contributed by atoms with E-state index in [0.717, 1.165) is 11.1 Å². The van der Waals surface area contributed by atoms with Crippen molar-refractivity contribution in [3.05, 3.63) is 35.5 Å². The second-order valence-electron chi connectivity index (χ2n) is 5.12. The Hall–Kier alpha value is -3.07. The van der Waals surface area contributed by atoms with Crippen LogP contribution in [0.1, 0.15) is 11.1 Å². The number of hydrogen-bond acceptors (Lipinski definition) is 6. The number of nitrogens with one attached hydrogen (secondary N) is 1. The number of carbonyl (C=O) groups is 1. The number of amides is 1. The van der Waals surface area contributed by atoms with Gasteiger partial charge >= 0.3 is 6.09 Å². The van der Waals surface area contributed by atoms with Crippen LogP contribution < -0.4 is 10.1 Å². The highest BCUT2D eigenvalue weighted by atomic mass is 35.5. The minimum Gasteiger partial charge on any atom is -0.496 e. The fraction of sp³-hybridized carbons (Fsp3) is 0.200. The summed E-state index contributed by atoms with van der Waals surface area (Å²) in [5, 5.41) is 25.0. The number of aromatic hydroxyl groups is 1. The maximum Gasteiger partial charge on any atom is 0.411 e. The molecule has 130 valence electrons. The predicted molar refractivity (Wildman–Crippen MR) is 90.3 cm³/mol. The van der Waals surface area contributed by atoms with Gasteiger partial charge in [-0.3, -0.25) is 10.00 Å². The molecule has 0 saturated heterocycles. The second-order valence-corrected chi connectivity index (χ2v) is 5.38. The summed E-state index contributed by atoms with van der Waals surface area (Å²) in [6, 6.07) is 5.57. The van der Waals surface area contributed by atoms with E-state index in [2.05, 4.69) is 15.1 Å². The number of ether oxygens (including phenoxy) is 1. The lowest BCUT2D eigenvalue weighted by molar-refractivity contribution is 0.209. The summed E-state index contributed by atoms with van der Waals surface area (Å²) in [6.45, 7) is 0.303. The SMILES string of the molecule is COc1cc(CCl)ccc1Cn1ncc2nc(NC(=O)O)nc(O)c21. The third kappa shape index (κ3) is 3.41. The molecule has 0 aliphatic carbocycles. The molecule has 9 nitrogen and oxygen atoms in total. The van der Waals surface area contributed by atoms with Crippen molar-refractivity contribution in [1.82, 2.24) is 19.7 Å². The predicted octanol–water partition coefficient (Wildman–Crippen LogP) is 2.42. The highest BCUT2D eigenvalue weighted by Crippen LogP contribution is 2.26. The minimum atomic E-state index is -1.32. The number of carboxylic acid groups (broad SMARTS) is 1. The molecule has 0 saturated carbocycles. The summed E-state index contributed by atoms with van der Waals surface area (Å²) < 4.78 is 6.88. The second kappa shape index (κ2) is 6.81. The number of halogens is 1. The molecule has 0 fully saturated rings. The third-order valence-corrected chi connectivity index (χ3v) is 3.82. The van der Waals surface area contributed by atoms with Crippen LogP contribution in [0.25, 0.3) is 11.0 Å². The Labute approximate surface area is 146 Å². The van der Waals surface area contributed by atoms with Crippen LogP contribution in [-0.4, -0.2) is 43.2 Å². The Kier molecular flexibility index (Phi) is 4.57. The maximum absolute atomic E-state index is 10.7. The van der Waals surface area contributed by atoms with Gasteiger partial charge in [-0.15, -0.1) is 11.6 Å². The van der Waals surface area contributed by atoms with Gasteiger partial charge in [0, 0.05) is 11.4 Å². The summed E-state index contributed by atoms with van der Waals surface area (Å²) in [5.41, 5.74) is 2.35. The number of alkyl halides is 1. The molecule has 3 rings (SSSR count). The number of methoxy groups -OCH3 is 1. The van der Waals surface area contributed by atoms with Crippen LogP contribution >= 0.6 is 11.6 Å². The molecule has 0 aliphatic heterocycles. The van der Waals surface area contributed by atoms with Crippen molar-refractivity contribution >= 4 is 34.7 Å². The van der Waals surface area contributed by atoms with Crippen LogP contribution in [-0.2, 0) is 12.4 Å². The molecule has 0 radical (unpaired) electrons. The normalized spacial score (nSPS) is 10.8. The standard InChI is InChI=1S/C15H14ClN5O4/c1-25-11-4-8(5-16)2-3-9(11)7-21-12-10(6-17-21)18-14(19-13(12)22)20-15(23)24/h2-4,6H,5,7H2,1H3,(H,23,24)(H2,18,19,20,22). The molecule has 2 aromatic heterocycles. The Balaban J connectivity index is 1.99. The van der Waals surface area contributed by atoms with Crippen LogP contribution in [0.4, 0.5) is 10.7 Å². The van der Waals surface area contributed by atoms with Crippen molar-refractivity contribution < 1.29 is 19.7 Å². The van der Waals surface area contributed by atoms with Gasteiger partial charge in [-0.25, -0.2) is 9.78 Å². The molecular weight excluding hydrogens is 350 g/mol. The van der Waals surface area contributed by atoms with Crippen molar-refractivity contribution in [3.63, 3.8) is 0 Å². The maximum atomic E-state index is 10.7. The number of hydrogen-bond donors (Lipinski definition) is 3. The smallest absolute Gasteiger partial charge is 0.411 e. The summed E-state index contributed by atoms with van der Waals surface area (Å²) in [4.78, 5) is 18.4. The summed E-state index contributed by atoms with van der Waals surface area (Å²) >= 11 is 5.83. The van der Waals surface area contributed by atoms with Gasteiger partial charge in [-0.05, 0) is 11.6 Å². The van der Waals surface area contributed by atoms with Crippen LogP contribution in [0, 0.1) is 0 Å². The highest BCUT2D eigenvalue weighted by Gasteiger charge is 2.15. The van der Waals surface area contributed by atoms with E-state index in [-0.39, 0.29) is 11.8 Å². The molecule has 10 heteroatoms. The number of nitrogens with zero attached hydrogens (tertiary/aromatic N) is 4. The van der Waals surface area contributed by atoms with Gasteiger partial charge in [0.25, 0.3) is 0 Å². The van der Waals surface area contributed by atoms with Crippen LogP contribution in [0.15, 0.2) is 24.4 Å². The van der Waals surface area contributed by atoms with Gasteiger partial charge < -0.3 is 14.9 Å². The average molecular weight is 364 g/mol. The van der Waals surface area contributed by atoms with Crippen molar-refractivity contribution in [3.8, 4) is 11.6 Å². The quantitative estimate of drug-likeness (QED) is 0.595. The first-order chi connectivity index (χ1) is 12.0. The molecule has 3 aromatic rings. The van der Waals surface area contributed by atoms with Crippen LogP contribution in [0.3, 0.4) is 0 Å². The number of fused-ring (bicyclic) bond motifs is 1. The van der Waals surface area contributed by atoms with Gasteiger partial charge in [-0.1, -0.05) is 12.1 Å². The lowest BCUT2D eigenvalue weighted by Gasteiger charge is -2.11. The van der Waals surface area contributed by atoms with Gasteiger partial charge in [0.1, 0.15) is 16.8 Å². The molecule has 2 heterocycles. The lowest BCUT2D eigenvalue weighted by Crippen LogP contribution is -2.10. The first-order valence-electron chi connectivity index (χ1n) is 7.16. The first-order valence-corrected chi connectivity index (χ1v) is 7.69. The van der Waals surface area contributed by atoms with E-state index in [4.69, 9.17) is 21.4 Å². The van der Waals surface area contributed by atoms with Crippen molar-refractivity contribution in [2.75, 3.05) is 12.4 Å². The van der Waals surface area contributed by atoms with Gasteiger partial charge in [0.2, 0.25) is 11.8 Å². The fourth-order valence-electron chi connectivity index (χ4n) is 2.42. The zero-order valence-electron chi connectivity index (χ0n) is 13.1. The van der Waals surface area contributed by atoms with Crippen molar-refractivity contribution in [1.29, 1.82) is 0 Å². The Morgan fingerprint density at radius 2 is 2.20 bits per heavy atom. The van der Waals surface area contributed by atoms with E-state index < -0.39 is 6.09 Å². The number of aromatic nitrogens is 4. The van der Waals surface area contributed by atoms with Crippen molar-refractivity contribution in [2.45, 2.75) is 12.4 Å². The molecule has 0 spiro atoms. The molecule has 1 amide bonds. The van der Waals surface area contributed by atoms with Gasteiger partial charge in [0.05, 0.1) is 19.9 Å². The monoisotopic (exact) mass is 363 g/mol. The fourth-order valence-corrected chi connectivity index (χ4v) is 2.58. The van der Waals surface area contributed by atoms with Crippen LogP contribution in [0.5, 0.6) is 11.6 Å². The van der Waals surface area contributed by atoms with E-state index in [1.807, 2.05) is 23.5 Å². The molecule has 3 N–H and O–H groups in total. The van der Waals surface area contributed by atoms with E-state index in [0.29, 0.717) is 29.2 Å². The molecular formula is C15H14ClN5O4.